The quantitative estimate of drug-likeness (QED) is 0.883. The van der Waals surface area contributed by atoms with Gasteiger partial charge < -0.3 is 15.0 Å². The third kappa shape index (κ3) is 4.34. The molecule has 2 N–H and O–H groups in total. The molecule has 5 nitrogen and oxygen atoms in total. The molecule has 122 valence electrons. The Balaban J connectivity index is 1.62. The van der Waals surface area contributed by atoms with Gasteiger partial charge >= 0.3 is 0 Å². The Bertz CT molecular complexity index is 665. The van der Waals surface area contributed by atoms with E-state index < -0.39 is 0 Å². The number of aromatic amines is 1. The number of hydrogen-bond donors (Lipinski definition) is 2. The SMILES string of the molecule is O=C(NCc1ccccc1CN1CCOCC1)c1cc(Cl)c[nH]1. The van der Waals surface area contributed by atoms with Crippen LogP contribution >= 0.6 is 11.6 Å². The van der Waals surface area contributed by atoms with Gasteiger partial charge in [0.05, 0.1) is 18.2 Å². The van der Waals surface area contributed by atoms with Crippen molar-refractivity contribution in [2.75, 3.05) is 26.3 Å². The second-order valence-corrected chi connectivity index (χ2v) is 6.01. The van der Waals surface area contributed by atoms with Crippen LogP contribution in [-0.4, -0.2) is 42.1 Å². The molecule has 1 aromatic carbocycles. The van der Waals surface area contributed by atoms with Gasteiger partial charge in [-0.25, -0.2) is 0 Å². The fraction of sp³-hybridized carbons (Fsp3) is 0.353. The number of nitrogens with zero attached hydrogens (tertiary/aromatic N) is 1. The largest absolute Gasteiger partial charge is 0.379 e. The van der Waals surface area contributed by atoms with E-state index in [1.807, 2.05) is 12.1 Å². The Morgan fingerprint density at radius 2 is 2.00 bits per heavy atom. The number of carbonyl (C=O) groups excluding carboxylic acids is 1. The zero-order valence-corrected chi connectivity index (χ0v) is 13.6. The summed E-state index contributed by atoms with van der Waals surface area (Å²) in [6.45, 7) is 4.84. The Kier molecular flexibility index (Phi) is 5.33. The molecule has 0 bridgehead atoms. The maximum Gasteiger partial charge on any atom is 0.268 e. The smallest absolute Gasteiger partial charge is 0.268 e. The average Bonchev–Trinajstić information content (AvgIpc) is 3.01. The van der Waals surface area contributed by atoms with E-state index in [0.29, 0.717) is 17.3 Å². The molecule has 1 aliphatic rings. The summed E-state index contributed by atoms with van der Waals surface area (Å²) in [5.41, 5.74) is 2.84. The Labute approximate surface area is 140 Å². The maximum atomic E-state index is 12.1. The van der Waals surface area contributed by atoms with Gasteiger partial charge in [0.1, 0.15) is 5.69 Å². The summed E-state index contributed by atoms with van der Waals surface area (Å²) in [6, 6.07) is 9.82. The van der Waals surface area contributed by atoms with Gasteiger partial charge in [-0.05, 0) is 17.2 Å². The zero-order valence-electron chi connectivity index (χ0n) is 12.8. The lowest BCUT2D eigenvalue weighted by atomic mass is 10.1. The summed E-state index contributed by atoms with van der Waals surface area (Å²) >= 11 is 5.83. The third-order valence-electron chi connectivity index (χ3n) is 3.95. The first-order valence-electron chi connectivity index (χ1n) is 7.71. The fourth-order valence-corrected chi connectivity index (χ4v) is 2.82. The second kappa shape index (κ2) is 7.64. The Morgan fingerprint density at radius 1 is 1.26 bits per heavy atom. The normalized spacial score (nSPS) is 15.5. The molecule has 0 radical (unpaired) electrons. The van der Waals surface area contributed by atoms with Crippen molar-refractivity contribution < 1.29 is 9.53 Å². The van der Waals surface area contributed by atoms with Crippen LogP contribution in [0, 0.1) is 0 Å². The molecule has 1 saturated heterocycles. The monoisotopic (exact) mass is 333 g/mol. The first-order valence-corrected chi connectivity index (χ1v) is 8.09. The summed E-state index contributed by atoms with van der Waals surface area (Å²) in [5.74, 6) is -0.155. The van der Waals surface area contributed by atoms with Crippen LogP contribution < -0.4 is 5.32 Å². The van der Waals surface area contributed by atoms with Crippen molar-refractivity contribution in [1.29, 1.82) is 0 Å². The molecule has 1 amide bonds. The van der Waals surface area contributed by atoms with Crippen LogP contribution in [0.4, 0.5) is 0 Å². The molecule has 2 aromatic rings. The van der Waals surface area contributed by atoms with Crippen molar-refractivity contribution in [3.05, 3.63) is 58.4 Å². The van der Waals surface area contributed by atoms with E-state index in [2.05, 4.69) is 27.3 Å². The zero-order chi connectivity index (χ0) is 16.1. The lowest BCUT2D eigenvalue weighted by molar-refractivity contribution is 0.0340. The highest BCUT2D eigenvalue weighted by atomic mass is 35.5. The van der Waals surface area contributed by atoms with E-state index in [4.69, 9.17) is 16.3 Å². The van der Waals surface area contributed by atoms with Gasteiger partial charge in [0.2, 0.25) is 0 Å². The van der Waals surface area contributed by atoms with Crippen LogP contribution in [0.15, 0.2) is 36.5 Å². The molecular formula is C17H20ClN3O2. The number of hydrogen-bond acceptors (Lipinski definition) is 3. The highest BCUT2D eigenvalue weighted by Crippen LogP contribution is 2.14. The maximum absolute atomic E-state index is 12.1. The first-order chi connectivity index (χ1) is 11.2. The van der Waals surface area contributed by atoms with Crippen molar-refractivity contribution in [1.82, 2.24) is 15.2 Å². The van der Waals surface area contributed by atoms with Crippen molar-refractivity contribution in [3.8, 4) is 0 Å². The first kappa shape index (κ1) is 16.1. The van der Waals surface area contributed by atoms with Crippen LogP contribution in [0.3, 0.4) is 0 Å². The molecule has 0 atom stereocenters. The number of H-pyrrole nitrogens is 1. The number of ether oxygens (including phenoxy) is 1. The average molecular weight is 334 g/mol. The van der Waals surface area contributed by atoms with Gasteiger partial charge in [-0.15, -0.1) is 0 Å². The lowest BCUT2D eigenvalue weighted by Gasteiger charge is -2.27. The van der Waals surface area contributed by atoms with Crippen LogP contribution in [0.5, 0.6) is 0 Å². The molecular weight excluding hydrogens is 314 g/mol. The van der Waals surface area contributed by atoms with Crippen molar-refractivity contribution in [3.63, 3.8) is 0 Å². The van der Waals surface area contributed by atoms with E-state index in [1.54, 1.807) is 12.3 Å². The number of rotatable bonds is 5. The van der Waals surface area contributed by atoms with E-state index >= 15 is 0 Å². The van der Waals surface area contributed by atoms with Gasteiger partial charge in [-0.1, -0.05) is 35.9 Å². The van der Waals surface area contributed by atoms with Crippen molar-refractivity contribution >= 4 is 17.5 Å². The Morgan fingerprint density at radius 3 is 2.70 bits per heavy atom. The summed E-state index contributed by atoms with van der Waals surface area (Å²) in [6.07, 6.45) is 1.60. The topological polar surface area (TPSA) is 57.4 Å². The predicted molar refractivity (Wildman–Crippen MR) is 89.5 cm³/mol. The highest BCUT2D eigenvalue weighted by molar-refractivity contribution is 6.30. The van der Waals surface area contributed by atoms with E-state index in [9.17, 15) is 4.79 Å². The van der Waals surface area contributed by atoms with Crippen LogP contribution in [0.1, 0.15) is 21.6 Å². The van der Waals surface area contributed by atoms with Gasteiger partial charge in [-0.3, -0.25) is 9.69 Å². The second-order valence-electron chi connectivity index (χ2n) is 5.57. The molecule has 1 aliphatic heterocycles. The van der Waals surface area contributed by atoms with Crippen molar-refractivity contribution in [2.24, 2.45) is 0 Å². The Hall–Kier alpha value is -1.82. The number of nitrogens with one attached hydrogen (secondary N) is 2. The summed E-state index contributed by atoms with van der Waals surface area (Å²) in [5, 5.41) is 3.46. The highest BCUT2D eigenvalue weighted by Gasteiger charge is 2.13. The third-order valence-corrected chi connectivity index (χ3v) is 4.17. The van der Waals surface area contributed by atoms with Gasteiger partial charge in [0.25, 0.3) is 5.91 Å². The molecule has 6 heteroatoms. The molecule has 0 unspecified atom stereocenters. The van der Waals surface area contributed by atoms with Gasteiger partial charge in [-0.2, -0.15) is 0 Å². The summed E-state index contributed by atoms with van der Waals surface area (Å²) < 4.78 is 5.38. The minimum absolute atomic E-state index is 0.155. The van der Waals surface area contributed by atoms with Gasteiger partial charge in [0, 0.05) is 32.4 Å². The molecule has 2 heterocycles. The minimum Gasteiger partial charge on any atom is -0.379 e. The number of carbonyl (C=O) groups is 1. The molecule has 1 fully saturated rings. The molecule has 23 heavy (non-hydrogen) atoms. The fourth-order valence-electron chi connectivity index (χ4n) is 2.65. The van der Waals surface area contributed by atoms with Crippen LogP contribution in [0.2, 0.25) is 5.02 Å². The molecule has 0 aliphatic carbocycles. The van der Waals surface area contributed by atoms with Crippen LogP contribution in [0.25, 0.3) is 0 Å². The number of amides is 1. The molecule has 0 saturated carbocycles. The van der Waals surface area contributed by atoms with Gasteiger partial charge in [0.15, 0.2) is 0 Å². The molecule has 3 rings (SSSR count). The van der Waals surface area contributed by atoms with E-state index in [1.165, 1.54) is 5.56 Å². The molecule has 1 aromatic heterocycles. The van der Waals surface area contributed by atoms with E-state index in [0.717, 1.165) is 38.4 Å². The summed E-state index contributed by atoms with van der Waals surface area (Å²) in [4.78, 5) is 17.3. The van der Waals surface area contributed by atoms with Crippen molar-refractivity contribution in [2.45, 2.75) is 13.1 Å². The number of benzene rings is 1. The molecule has 0 spiro atoms. The predicted octanol–water partition coefficient (Wildman–Crippen LogP) is 2.43. The van der Waals surface area contributed by atoms with E-state index in [-0.39, 0.29) is 5.91 Å². The number of halogens is 1. The summed E-state index contributed by atoms with van der Waals surface area (Å²) in [7, 11) is 0. The minimum atomic E-state index is -0.155. The van der Waals surface area contributed by atoms with Crippen LogP contribution in [-0.2, 0) is 17.8 Å². The standard InChI is InChI=1S/C17H20ClN3O2/c18-15-9-16(19-11-15)17(22)20-10-13-3-1-2-4-14(13)12-21-5-7-23-8-6-21/h1-4,9,11,19H,5-8,10,12H2,(H,20,22). The number of aromatic nitrogens is 1. The lowest BCUT2D eigenvalue weighted by Crippen LogP contribution is -2.36. The number of morpholine rings is 1.